The van der Waals surface area contributed by atoms with E-state index in [0.29, 0.717) is 0 Å². The molecule has 292 valence electrons. The molecular formula is C61H38N2. The van der Waals surface area contributed by atoms with Crippen LogP contribution in [0.25, 0.3) is 82.1 Å². The van der Waals surface area contributed by atoms with Gasteiger partial charge in [-0.2, -0.15) is 0 Å². The average Bonchev–Trinajstić information content (AvgIpc) is 3.85. The van der Waals surface area contributed by atoms with Crippen molar-refractivity contribution in [2.75, 3.05) is 4.90 Å². The first-order chi connectivity index (χ1) is 31.3. The minimum absolute atomic E-state index is 0.502. The Balaban J connectivity index is 1.01. The fraction of sp³-hybridized carbons (Fsp3) is 0.0164. The summed E-state index contributed by atoms with van der Waals surface area (Å²) in [6.07, 6.45) is 0. The molecule has 63 heavy (non-hydrogen) atoms. The lowest BCUT2D eigenvalue weighted by molar-refractivity contribution is 0.748. The number of hydrogen-bond acceptors (Lipinski definition) is 1. The molecule has 1 aliphatic carbocycles. The quantitative estimate of drug-likeness (QED) is 0.161. The zero-order valence-corrected chi connectivity index (χ0v) is 34.3. The summed E-state index contributed by atoms with van der Waals surface area (Å²) < 4.78 is 2.52. The molecular weight excluding hydrogens is 761 g/mol. The molecule has 0 fully saturated rings. The van der Waals surface area contributed by atoms with Gasteiger partial charge in [0.2, 0.25) is 0 Å². The lowest BCUT2D eigenvalue weighted by Crippen LogP contribution is -2.33. The number of rotatable bonds is 4. The van der Waals surface area contributed by atoms with Crippen LogP contribution in [-0.4, -0.2) is 4.57 Å². The van der Waals surface area contributed by atoms with Gasteiger partial charge in [0, 0.05) is 27.7 Å². The van der Waals surface area contributed by atoms with Crippen LogP contribution < -0.4 is 4.90 Å². The van der Waals surface area contributed by atoms with E-state index in [9.17, 15) is 0 Å². The number of fused-ring (bicyclic) bond motifs is 18. The zero-order chi connectivity index (χ0) is 41.2. The summed E-state index contributed by atoms with van der Waals surface area (Å²) in [6.45, 7) is 0. The van der Waals surface area contributed by atoms with Gasteiger partial charge in [0.05, 0.1) is 27.8 Å². The second-order valence-corrected chi connectivity index (χ2v) is 17.1. The largest absolute Gasteiger partial charge is 0.310 e. The molecule has 2 aliphatic rings. The van der Waals surface area contributed by atoms with Crippen molar-refractivity contribution in [3.05, 3.63) is 253 Å². The summed E-state index contributed by atoms with van der Waals surface area (Å²) in [5, 5.41) is 10.3. The molecule has 11 aromatic carbocycles. The van der Waals surface area contributed by atoms with Crippen molar-refractivity contribution in [2.24, 2.45) is 0 Å². The van der Waals surface area contributed by atoms with E-state index < -0.39 is 5.41 Å². The lowest BCUT2D eigenvalue weighted by Gasteiger charge is -2.39. The Hall–Kier alpha value is -8.20. The van der Waals surface area contributed by atoms with E-state index in [1.807, 2.05) is 0 Å². The highest BCUT2D eigenvalue weighted by molar-refractivity contribution is 6.26. The van der Waals surface area contributed by atoms with E-state index in [1.54, 1.807) is 0 Å². The van der Waals surface area contributed by atoms with Crippen LogP contribution >= 0.6 is 0 Å². The highest BCUT2D eigenvalue weighted by Gasteiger charge is 2.50. The molecule has 0 bridgehead atoms. The Bertz CT molecular complexity index is 3840. The number of benzene rings is 11. The van der Waals surface area contributed by atoms with Crippen LogP contribution in [0.1, 0.15) is 22.3 Å². The van der Waals surface area contributed by atoms with E-state index in [0.717, 1.165) is 17.1 Å². The number of para-hydroxylation sites is 5. The Labute approximate surface area is 365 Å². The molecule has 1 aromatic heterocycles. The molecule has 2 heterocycles. The Kier molecular flexibility index (Phi) is 7.07. The molecule has 1 atom stereocenters. The first kappa shape index (κ1) is 34.5. The molecule has 0 saturated carbocycles. The van der Waals surface area contributed by atoms with E-state index in [1.165, 1.54) is 104 Å². The smallest absolute Gasteiger partial charge is 0.0754 e. The average molecular weight is 799 g/mol. The maximum atomic E-state index is 2.52. The normalized spacial score (nSPS) is 14.7. The molecule has 0 amide bonds. The molecule has 1 aliphatic heterocycles. The highest BCUT2D eigenvalue weighted by atomic mass is 15.1. The maximum absolute atomic E-state index is 2.52. The van der Waals surface area contributed by atoms with E-state index in [2.05, 4.69) is 240 Å². The number of aromatic nitrogens is 1. The minimum atomic E-state index is -0.502. The van der Waals surface area contributed by atoms with Crippen LogP contribution in [0.4, 0.5) is 17.1 Å². The molecule has 1 spiro atoms. The third-order valence-corrected chi connectivity index (χ3v) is 14.1. The van der Waals surface area contributed by atoms with Crippen LogP contribution in [0, 0.1) is 0 Å². The summed E-state index contributed by atoms with van der Waals surface area (Å²) >= 11 is 0. The van der Waals surface area contributed by atoms with Gasteiger partial charge in [0.25, 0.3) is 0 Å². The number of hydrogen-bond donors (Lipinski definition) is 0. The van der Waals surface area contributed by atoms with E-state index >= 15 is 0 Å². The van der Waals surface area contributed by atoms with E-state index in [-0.39, 0.29) is 0 Å². The first-order valence-corrected chi connectivity index (χ1v) is 21.9. The van der Waals surface area contributed by atoms with Crippen molar-refractivity contribution in [1.82, 2.24) is 4.57 Å². The van der Waals surface area contributed by atoms with Gasteiger partial charge in [-0.1, -0.05) is 182 Å². The molecule has 2 heteroatoms. The monoisotopic (exact) mass is 798 g/mol. The van der Waals surface area contributed by atoms with Crippen LogP contribution in [-0.2, 0) is 5.41 Å². The molecule has 0 N–H and O–H groups in total. The maximum Gasteiger partial charge on any atom is 0.0754 e. The Morgan fingerprint density at radius 1 is 0.317 bits per heavy atom. The van der Waals surface area contributed by atoms with Crippen molar-refractivity contribution in [3.8, 4) is 27.9 Å². The van der Waals surface area contributed by atoms with Gasteiger partial charge in [-0.15, -0.1) is 0 Å². The molecule has 0 radical (unpaired) electrons. The Morgan fingerprint density at radius 2 is 0.889 bits per heavy atom. The standard InChI is InChI=1S/C61H38N2/c1-2-17-40(18-3-1)62(57-30-13-9-19-42(57)39-33-35-47-45-22-5-4-20-43(45)44-21-6-7-23-46(44)51(47)37-39)41-34-36-54-52(38-41)48-24-8-11-27-53(48)61(54)55-28-12-15-32-59(55)63-58-31-14-10-25-49(58)50-26-16-29-56(61)60(50)63/h1-38H. The third-order valence-electron chi connectivity index (χ3n) is 14.1. The molecule has 14 rings (SSSR count). The minimum Gasteiger partial charge on any atom is -0.310 e. The Morgan fingerprint density at radius 3 is 1.68 bits per heavy atom. The van der Waals surface area contributed by atoms with Crippen LogP contribution in [0.2, 0.25) is 0 Å². The van der Waals surface area contributed by atoms with Gasteiger partial charge in [-0.05, 0) is 120 Å². The topological polar surface area (TPSA) is 8.17 Å². The van der Waals surface area contributed by atoms with Crippen LogP contribution in [0.15, 0.2) is 231 Å². The number of anilines is 3. The zero-order valence-electron chi connectivity index (χ0n) is 34.3. The fourth-order valence-corrected chi connectivity index (χ4v) is 11.7. The second-order valence-electron chi connectivity index (χ2n) is 17.1. The molecule has 12 aromatic rings. The summed E-state index contributed by atoms with van der Waals surface area (Å²) in [5.41, 5.74) is 16.8. The number of nitrogens with zero attached hydrogens (tertiary/aromatic N) is 2. The van der Waals surface area contributed by atoms with Gasteiger partial charge >= 0.3 is 0 Å². The van der Waals surface area contributed by atoms with Gasteiger partial charge in [0.15, 0.2) is 0 Å². The SMILES string of the molecule is c1ccc(N(c2ccc3c(c2)-c2ccccc2C32c3ccccc3-n3c4ccccc4c4cccc2c43)c2ccccc2-c2ccc3c4ccccc4c4ccccc4c3c2)cc1. The molecule has 2 nitrogen and oxygen atoms in total. The summed E-state index contributed by atoms with van der Waals surface area (Å²) in [6, 6.07) is 85.9. The van der Waals surface area contributed by atoms with Gasteiger partial charge in [-0.25, -0.2) is 0 Å². The summed E-state index contributed by atoms with van der Waals surface area (Å²) in [7, 11) is 0. The van der Waals surface area contributed by atoms with Crippen LogP contribution in [0.3, 0.4) is 0 Å². The van der Waals surface area contributed by atoms with Crippen molar-refractivity contribution >= 4 is 71.2 Å². The highest BCUT2D eigenvalue weighted by Crippen LogP contribution is 2.61. The summed E-state index contributed by atoms with van der Waals surface area (Å²) in [4.78, 5) is 2.46. The van der Waals surface area contributed by atoms with Crippen molar-refractivity contribution in [2.45, 2.75) is 5.41 Å². The summed E-state index contributed by atoms with van der Waals surface area (Å²) in [5.74, 6) is 0. The second kappa shape index (κ2) is 12.9. The lowest BCUT2D eigenvalue weighted by atomic mass is 9.65. The van der Waals surface area contributed by atoms with Crippen molar-refractivity contribution in [3.63, 3.8) is 0 Å². The van der Waals surface area contributed by atoms with Crippen molar-refractivity contribution < 1.29 is 0 Å². The first-order valence-electron chi connectivity index (χ1n) is 21.9. The predicted molar refractivity (Wildman–Crippen MR) is 264 cm³/mol. The van der Waals surface area contributed by atoms with Crippen molar-refractivity contribution in [1.29, 1.82) is 0 Å². The molecule has 0 saturated heterocycles. The predicted octanol–water partition coefficient (Wildman–Crippen LogP) is 16.1. The fourth-order valence-electron chi connectivity index (χ4n) is 11.7. The van der Waals surface area contributed by atoms with E-state index in [4.69, 9.17) is 0 Å². The van der Waals surface area contributed by atoms with Crippen LogP contribution in [0.5, 0.6) is 0 Å². The third kappa shape index (κ3) is 4.57. The molecule has 1 unspecified atom stereocenters. The van der Waals surface area contributed by atoms with Gasteiger partial charge in [-0.3, -0.25) is 0 Å². The van der Waals surface area contributed by atoms with Gasteiger partial charge < -0.3 is 9.47 Å². The van der Waals surface area contributed by atoms with Gasteiger partial charge in [0.1, 0.15) is 0 Å².